The van der Waals surface area contributed by atoms with Crippen LogP contribution in [0.2, 0.25) is 0 Å². The fourth-order valence-corrected chi connectivity index (χ4v) is 1.43. The topological polar surface area (TPSA) is 61.1 Å². The van der Waals surface area contributed by atoms with Crippen molar-refractivity contribution in [2.24, 2.45) is 0 Å². The molecule has 1 unspecified atom stereocenters. The van der Waals surface area contributed by atoms with Crippen molar-refractivity contribution < 1.29 is 13.2 Å². The first-order valence-electron chi connectivity index (χ1n) is 3.39. The minimum atomic E-state index is -2.05. The van der Waals surface area contributed by atoms with Crippen LogP contribution in [0.25, 0.3) is 0 Å². The summed E-state index contributed by atoms with van der Waals surface area (Å²) in [5.41, 5.74) is 0.479. The second-order valence-corrected chi connectivity index (χ2v) is 3.31. The van der Waals surface area contributed by atoms with Gasteiger partial charge in [0.05, 0.1) is 17.4 Å². The molecule has 0 spiro atoms. The number of nitriles is 1. The largest absolute Gasteiger partial charge is 0.306 e. The molecule has 5 heteroatoms. The number of hydrogen-bond donors (Lipinski definition) is 1. The molecule has 13 heavy (non-hydrogen) atoms. The van der Waals surface area contributed by atoms with Gasteiger partial charge in [0.15, 0.2) is 11.1 Å². The smallest absolute Gasteiger partial charge is 0.157 e. The zero-order chi connectivity index (χ0) is 9.84. The van der Waals surface area contributed by atoms with E-state index in [2.05, 4.69) is 0 Å². The van der Waals surface area contributed by atoms with E-state index < -0.39 is 16.9 Å². The average Bonchev–Trinajstić information content (AvgIpc) is 2.03. The van der Waals surface area contributed by atoms with Gasteiger partial charge < -0.3 is 4.55 Å². The van der Waals surface area contributed by atoms with Gasteiger partial charge in [-0.3, -0.25) is 0 Å². The molecule has 0 bridgehead atoms. The molecule has 0 aliphatic carbocycles. The zero-order valence-electron chi connectivity index (χ0n) is 6.53. The summed E-state index contributed by atoms with van der Waals surface area (Å²) in [6.45, 7) is 0. The number of nitrogens with zero attached hydrogens (tertiary/aromatic N) is 1. The molecule has 0 amide bonds. The summed E-state index contributed by atoms with van der Waals surface area (Å²) >= 11 is -2.05. The number of halogens is 1. The second-order valence-electron chi connectivity index (χ2n) is 2.38. The van der Waals surface area contributed by atoms with Gasteiger partial charge in [0.25, 0.3) is 0 Å². The van der Waals surface area contributed by atoms with Crippen molar-refractivity contribution in [2.75, 3.05) is 0 Å². The van der Waals surface area contributed by atoms with E-state index in [0.29, 0.717) is 0 Å². The molecule has 3 nitrogen and oxygen atoms in total. The Balaban J connectivity index is 3.10. The lowest BCUT2D eigenvalue weighted by atomic mass is 10.1. The van der Waals surface area contributed by atoms with E-state index in [4.69, 9.17) is 9.81 Å². The van der Waals surface area contributed by atoms with Crippen molar-refractivity contribution in [1.29, 1.82) is 5.26 Å². The molecule has 0 saturated heterocycles. The maximum absolute atomic E-state index is 12.6. The third kappa shape index (κ3) is 2.61. The summed E-state index contributed by atoms with van der Waals surface area (Å²) in [5.74, 6) is -0.736. The summed E-state index contributed by atoms with van der Waals surface area (Å²) in [6.07, 6.45) is 0. The van der Waals surface area contributed by atoms with Gasteiger partial charge in [-0.2, -0.15) is 5.26 Å². The molecule has 1 N–H and O–H groups in total. The van der Waals surface area contributed by atoms with E-state index in [1.165, 1.54) is 6.07 Å². The van der Waals surface area contributed by atoms with E-state index >= 15 is 0 Å². The van der Waals surface area contributed by atoms with Crippen LogP contribution >= 0.6 is 0 Å². The predicted octanol–water partition coefficient (Wildman–Crippen LogP) is 1.42. The van der Waals surface area contributed by atoms with Gasteiger partial charge in [0, 0.05) is 0 Å². The molecular weight excluding hydrogens is 193 g/mol. The number of hydrogen-bond acceptors (Lipinski definition) is 2. The first kappa shape index (κ1) is 9.84. The highest BCUT2D eigenvalue weighted by Crippen LogP contribution is 2.11. The van der Waals surface area contributed by atoms with Crippen LogP contribution in [0, 0.1) is 17.1 Å². The van der Waals surface area contributed by atoms with Crippen molar-refractivity contribution in [3.63, 3.8) is 0 Å². The van der Waals surface area contributed by atoms with Gasteiger partial charge in [-0.1, -0.05) is 0 Å². The lowest BCUT2D eigenvalue weighted by Crippen LogP contribution is -1.97. The minimum absolute atomic E-state index is 0.222. The quantitative estimate of drug-likeness (QED) is 0.733. The zero-order valence-corrected chi connectivity index (χ0v) is 7.34. The van der Waals surface area contributed by atoms with Crippen LogP contribution in [0.4, 0.5) is 4.39 Å². The Morgan fingerprint density at radius 1 is 1.62 bits per heavy atom. The first-order valence-corrected chi connectivity index (χ1v) is 4.67. The van der Waals surface area contributed by atoms with Crippen LogP contribution in [-0.4, -0.2) is 8.76 Å². The maximum Gasteiger partial charge on any atom is 0.157 e. The number of rotatable bonds is 2. The minimum Gasteiger partial charge on any atom is -0.306 e. The molecular formula is C8H6FNO2S. The molecule has 0 aliphatic rings. The third-order valence-corrected chi connectivity index (χ3v) is 2.02. The van der Waals surface area contributed by atoms with Crippen LogP contribution in [0.5, 0.6) is 0 Å². The molecule has 1 aromatic rings. The molecule has 0 aliphatic heterocycles. The average molecular weight is 199 g/mol. The Hall–Kier alpha value is -1.25. The van der Waals surface area contributed by atoms with Crippen LogP contribution < -0.4 is 0 Å². The lowest BCUT2D eigenvalue weighted by molar-refractivity contribution is 0.563. The third-order valence-electron chi connectivity index (χ3n) is 1.47. The summed E-state index contributed by atoms with van der Waals surface area (Å²) < 4.78 is 31.6. The normalized spacial score (nSPS) is 12.1. The van der Waals surface area contributed by atoms with E-state index in [1.54, 1.807) is 0 Å². The van der Waals surface area contributed by atoms with Crippen molar-refractivity contribution >= 4 is 11.1 Å². The molecule has 0 fully saturated rings. The van der Waals surface area contributed by atoms with Crippen LogP contribution in [-0.2, 0) is 16.8 Å². The maximum atomic E-state index is 12.6. The van der Waals surface area contributed by atoms with Gasteiger partial charge in [0.2, 0.25) is 0 Å². The number of benzene rings is 1. The molecule has 68 valence electrons. The molecule has 1 rings (SSSR count). The predicted molar refractivity (Wildman–Crippen MR) is 45.6 cm³/mol. The summed E-state index contributed by atoms with van der Waals surface area (Å²) in [6, 6.07) is 5.34. The van der Waals surface area contributed by atoms with Crippen LogP contribution in [0.1, 0.15) is 11.1 Å². The Bertz CT molecular complexity index is 386. The fraction of sp³-hybridized carbons (Fsp3) is 0.125. The van der Waals surface area contributed by atoms with E-state index in [9.17, 15) is 8.60 Å². The molecule has 0 radical (unpaired) electrons. The summed E-state index contributed by atoms with van der Waals surface area (Å²) in [5, 5.41) is 8.57. The molecule has 0 saturated carbocycles. The molecule has 0 aromatic heterocycles. The first-order chi connectivity index (χ1) is 6.13. The van der Waals surface area contributed by atoms with Crippen LogP contribution in [0.3, 0.4) is 0 Å². The monoisotopic (exact) mass is 199 g/mol. The van der Waals surface area contributed by atoms with Crippen molar-refractivity contribution in [2.45, 2.75) is 5.75 Å². The van der Waals surface area contributed by atoms with Gasteiger partial charge in [0.1, 0.15) is 5.82 Å². The van der Waals surface area contributed by atoms with E-state index in [-0.39, 0.29) is 16.9 Å². The van der Waals surface area contributed by atoms with Crippen LogP contribution in [0.15, 0.2) is 18.2 Å². The van der Waals surface area contributed by atoms with Gasteiger partial charge >= 0.3 is 0 Å². The van der Waals surface area contributed by atoms with E-state index in [1.807, 2.05) is 6.07 Å². The Morgan fingerprint density at radius 3 is 2.85 bits per heavy atom. The standard InChI is InChI=1S/C8H6FNO2S/c9-8-2-1-6(4-10)7(3-8)5-13(11)12/h1-3H,5H2,(H,11,12). The highest BCUT2D eigenvalue weighted by atomic mass is 32.2. The lowest BCUT2D eigenvalue weighted by Gasteiger charge is -1.99. The van der Waals surface area contributed by atoms with Gasteiger partial charge in [-0.15, -0.1) is 0 Å². The molecule has 0 heterocycles. The van der Waals surface area contributed by atoms with Gasteiger partial charge in [-0.25, -0.2) is 8.60 Å². The Kier molecular flexibility index (Phi) is 3.12. The Morgan fingerprint density at radius 2 is 2.31 bits per heavy atom. The molecule has 1 atom stereocenters. The summed E-state index contributed by atoms with van der Waals surface area (Å²) in [4.78, 5) is 0. The fourth-order valence-electron chi connectivity index (χ4n) is 0.924. The van der Waals surface area contributed by atoms with Crippen molar-refractivity contribution in [3.8, 4) is 6.07 Å². The highest BCUT2D eigenvalue weighted by Gasteiger charge is 2.05. The van der Waals surface area contributed by atoms with Crippen molar-refractivity contribution in [3.05, 3.63) is 35.1 Å². The van der Waals surface area contributed by atoms with Crippen molar-refractivity contribution in [1.82, 2.24) is 0 Å². The molecule has 1 aromatic carbocycles. The highest BCUT2D eigenvalue weighted by molar-refractivity contribution is 7.78. The van der Waals surface area contributed by atoms with Gasteiger partial charge in [-0.05, 0) is 23.8 Å². The Labute approximate surface area is 77.1 Å². The van der Waals surface area contributed by atoms with E-state index in [0.717, 1.165) is 12.1 Å². The second kappa shape index (κ2) is 4.12. The summed E-state index contributed by atoms with van der Waals surface area (Å²) in [7, 11) is 0. The SMILES string of the molecule is N#Cc1ccc(F)cc1CS(=O)O.